The number of aromatic nitrogens is 2. The summed E-state index contributed by atoms with van der Waals surface area (Å²) in [5.41, 5.74) is 4.13. The summed E-state index contributed by atoms with van der Waals surface area (Å²) in [5, 5.41) is 10.5. The predicted octanol–water partition coefficient (Wildman–Crippen LogP) is 2.24. The molecule has 1 saturated heterocycles. The molecule has 3 aromatic rings. The number of fused-ring (bicyclic) bond motifs is 1. The third kappa shape index (κ3) is 3.61. The van der Waals surface area contributed by atoms with Crippen LogP contribution in [0.5, 0.6) is 0 Å². The molecule has 1 aliphatic heterocycles. The quantitative estimate of drug-likeness (QED) is 0.786. The van der Waals surface area contributed by atoms with Gasteiger partial charge in [-0.25, -0.2) is 4.63 Å². The molecule has 0 spiro atoms. The molecule has 25 heavy (non-hydrogen) atoms. The Bertz CT molecular complexity index is 869. The Hall–Kier alpha value is -2.93. The van der Waals surface area contributed by atoms with Gasteiger partial charge in [0.05, 0.1) is 19.6 Å². The summed E-state index contributed by atoms with van der Waals surface area (Å²) >= 11 is 0. The molecule has 0 radical (unpaired) electrons. The number of carbonyl (C=O) groups excluding carboxylic acids is 1. The molecule has 0 bridgehead atoms. The van der Waals surface area contributed by atoms with Crippen LogP contribution >= 0.6 is 0 Å². The number of hydrogen-bond donors (Lipinski definition) is 1. The van der Waals surface area contributed by atoms with Crippen molar-refractivity contribution in [3.63, 3.8) is 0 Å². The molecule has 4 rings (SSSR count). The van der Waals surface area contributed by atoms with Crippen molar-refractivity contribution < 1.29 is 14.2 Å². The second-order valence-corrected chi connectivity index (χ2v) is 5.96. The van der Waals surface area contributed by atoms with E-state index in [2.05, 4.69) is 25.2 Å². The molecule has 2 heterocycles. The lowest BCUT2D eigenvalue weighted by molar-refractivity contribution is -0.115. The van der Waals surface area contributed by atoms with Crippen LogP contribution in [-0.4, -0.2) is 42.5 Å². The zero-order valence-corrected chi connectivity index (χ0v) is 13.6. The Kier molecular flexibility index (Phi) is 4.30. The second-order valence-electron chi connectivity index (χ2n) is 5.96. The van der Waals surface area contributed by atoms with Crippen molar-refractivity contribution >= 4 is 28.3 Å². The van der Waals surface area contributed by atoms with Crippen molar-refractivity contribution in [1.29, 1.82) is 0 Å². The van der Waals surface area contributed by atoms with Gasteiger partial charge in [0.2, 0.25) is 5.91 Å². The number of nitrogens with zero attached hydrogens (tertiary/aromatic N) is 3. The molecule has 0 atom stereocenters. The smallest absolute Gasteiger partial charge is 0.228 e. The van der Waals surface area contributed by atoms with E-state index in [9.17, 15) is 4.79 Å². The van der Waals surface area contributed by atoms with E-state index in [4.69, 9.17) is 4.74 Å². The van der Waals surface area contributed by atoms with Crippen LogP contribution in [0.1, 0.15) is 5.56 Å². The summed E-state index contributed by atoms with van der Waals surface area (Å²) in [5.74, 6) is -0.0741. The third-order valence-electron chi connectivity index (χ3n) is 4.21. The number of morpholine rings is 1. The molecule has 2 aromatic carbocycles. The average Bonchev–Trinajstić information content (AvgIpc) is 3.11. The monoisotopic (exact) mass is 338 g/mol. The molecule has 1 fully saturated rings. The Balaban J connectivity index is 1.38. The molecule has 128 valence electrons. The number of hydrogen-bond acceptors (Lipinski definition) is 6. The van der Waals surface area contributed by atoms with Crippen LogP contribution in [0.15, 0.2) is 47.1 Å². The van der Waals surface area contributed by atoms with E-state index in [1.165, 1.54) is 0 Å². The Morgan fingerprint density at radius 2 is 1.80 bits per heavy atom. The van der Waals surface area contributed by atoms with Gasteiger partial charge >= 0.3 is 0 Å². The Labute approximate surface area is 144 Å². The summed E-state index contributed by atoms with van der Waals surface area (Å²) < 4.78 is 10.0. The van der Waals surface area contributed by atoms with Crippen molar-refractivity contribution in [1.82, 2.24) is 10.3 Å². The third-order valence-corrected chi connectivity index (χ3v) is 4.21. The van der Waals surface area contributed by atoms with Crippen LogP contribution < -0.4 is 10.2 Å². The number of anilines is 2. The molecule has 1 aliphatic rings. The van der Waals surface area contributed by atoms with E-state index >= 15 is 0 Å². The van der Waals surface area contributed by atoms with Crippen molar-refractivity contribution in [3.05, 3.63) is 48.0 Å². The predicted molar refractivity (Wildman–Crippen MR) is 93.6 cm³/mol. The van der Waals surface area contributed by atoms with E-state index < -0.39 is 0 Å². The van der Waals surface area contributed by atoms with Gasteiger partial charge in [-0.2, -0.15) is 0 Å². The van der Waals surface area contributed by atoms with Gasteiger partial charge in [-0.05, 0) is 52.3 Å². The first kappa shape index (κ1) is 15.6. The lowest BCUT2D eigenvalue weighted by Gasteiger charge is -2.28. The van der Waals surface area contributed by atoms with E-state index in [1.54, 1.807) is 6.07 Å². The maximum atomic E-state index is 12.2. The molecular formula is C18H18N4O3. The lowest BCUT2D eigenvalue weighted by Crippen LogP contribution is -2.36. The molecule has 7 nitrogen and oxygen atoms in total. The normalized spacial score (nSPS) is 14.6. The molecule has 0 unspecified atom stereocenters. The SMILES string of the molecule is O=C(Cc1ccc2nonc2c1)Nc1ccc(N2CCOCC2)cc1. The van der Waals surface area contributed by atoms with E-state index in [1.807, 2.05) is 36.4 Å². The van der Waals surface area contributed by atoms with Crippen LogP contribution in [0, 0.1) is 0 Å². The van der Waals surface area contributed by atoms with Gasteiger partial charge in [-0.1, -0.05) is 6.07 Å². The van der Waals surface area contributed by atoms with Gasteiger partial charge in [0.1, 0.15) is 11.0 Å². The number of benzene rings is 2. The van der Waals surface area contributed by atoms with Crippen LogP contribution in [0.4, 0.5) is 11.4 Å². The molecule has 1 amide bonds. The zero-order valence-electron chi connectivity index (χ0n) is 13.6. The second kappa shape index (κ2) is 6.90. The minimum atomic E-state index is -0.0741. The van der Waals surface area contributed by atoms with Crippen LogP contribution in [0.3, 0.4) is 0 Å². The molecule has 1 aromatic heterocycles. The van der Waals surface area contributed by atoms with Crippen LogP contribution in [0.25, 0.3) is 11.0 Å². The Morgan fingerprint density at radius 3 is 2.60 bits per heavy atom. The summed E-state index contributed by atoms with van der Waals surface area (Å²) in [6.07, 6.45) is 0.272. The largest absolute Gasteiger partial charge is 0.378 e. The average molecular weight is 338 g/mol. The fourth-order valence-corrected chi connectivity index (χ4v) is 2.91. The number of amides is 1. The first-order chi connectivity index (χ1) is 12.3. The summed E-state index contributed by atoms with van der Waals surface area (Å²) in [6, 6.07) is 13.4. The minimum absolute atomic E-state index is 0.0741. The highest BCUT2D eigenvalue weighted by Gasteiger charge is 2.11. The minimum Gasteiger partial charge on any atom is -0.378 e. The highest BCUT2D eigenvalue weighted by molar-refractivity contribution is 5.93. The Morgan fingerprint density at radius 1 is 1.04 bits per heavy atom. The van der Waals surface area contributed by atoms with Gasteiger partial charge in [0.15, 0.2) is 0 Å². The topological polar surface area (TPSA) is 80.5 Å². The highest BCUT2D eigenvalue weighted by Crippen LogP contribution is 2.19. The van der Waals surface area contributed by atoms with Gasteiger partial charge in [0, 0.05) is 24.5 Å². The van der Waals surface area contributed by atoms with Crippen molar-refractivity contribution in [2.24, 2.45) is 0 Å². The molecule has 0 saturated carbocycles. The van der Waals surface area contributed by atoms with Gasteiger partial charge in [0.25, 0.3) is 0 Å². The molecule has 1 N–H and O–H groups in total. The molecular weight excluding hydrogens is 320 g/mol. The fourth-order valence-electron chi connectivity index (χ4n) is 2.91. The summed E-state index contributed by atoms with van der Waals surface area (Å²) in [4.78, 5) is 14.5. The van der Waals surface area contributed by atoms with Gasteiger partial charge in [-0.3, -0.25) is 4.79 Å². The van der Waals surface area contributed by atoms with Crippen molar-refractivity contribution in [2.45, 2.75) is 6.42 Å². The molecule has 0 aliphatic carbocycles. The fraction of sp³-hybridized carbons (Fsp3) is 0.278. The first-order valence-electron chi connectivity index (χ1n) is 8.22. The number of rotatable bonds is 4. The number of nitrogens with one attached hydrogen (secondary N) is 1. The molecule has 7 heteroatoms. The number of carbonyl (C=O) groups is 1. The zero-order chi connectivity index (χ0) is 17.1. The van der Waals surface area contributed by atoms with E-state index in [0.29, 0.717) is 11.0 Å². The van der Waals surface area contributed by atoms with Gasteiger partial charge in [-0.15, -0.1) is 0 Å². The highest BCUT2D eigenvalue weighted by atomic mass is 16.6. The summed E-state index contributed by atoms with van der Waals surface area (Å²) in [7, 11) is 0. The maximum absolute atomic E-state index is 12.2. The lowest BCUT2D eigenvalue weighted by atomic mass is 10.1. The number of ether oxygens (including phenoxy) is 1. The van der Waals surface area contributed by atoms with Crippen molar-refractivity contribution in [3.8, 4) is 0 Å². The maximum Gasteiger partial charge on any atom is 0.228 e. The summed E-state index contributed by atoms with van der Waals surface area (Å²) in [6.45, 7) is 3.30. The van der Waals surface area contributed by atoms with Crippen LogP contribution in [0.2, 0.25) is 0 Å². The van der Waals surface area contributed by atoms with Crippen molar-refractivity contribution in [2.75, 3.05) is 36.5 Å². The van der Waals surface area contributed by atoms with Gasteiger partial charge < -0.3 is 15.0 Å². The van der Waals surface area contributed by atoms with E-state index in [0.717, 1.165) is 43.2 Å². The van der Waals surface area contributed by atoms with E-state index in [-0.39, 0.29) is 12.3 Å². The van der Waals surface area contributed by atoms with Crippen LogP contribution in [-0.2, 0) is 16.0 Å². The first-order valence-corrected chi connectivity index (χ1v) is 8.22. The standard InChI is InChI=1S/C18H18N4O3/c23-18(12-13-1-6-16-17(11-13)21-25-20-16)19-14-2-4-15(5-3-14)22-7-9-24-10-8-22/h1-6,11H,7-10,12H2,(H,19,23).